The second kappa shape index (κ2) is 4.69. The highest BCUT2D eigenvalue weighted by Gasteiger charge is 2.39. The SMILES string of the molecule is COc1cc(C2CNC2(C)C)cc(OC)c1OC. The van der Waals surface area contributed by atoms with E-state index >= 15 is 0 Å². The molecule has 0 aromatic heterocycles. The summed E-state index contributed by atoms with van der Waals surface area (Å²) in [4.78, 5) is 0. The van der Waals surface area contributed by atoms with Crippen molar-refractivity contribution in [1.29, 1.82) is 0 Å². The third-order valence-electron chi connectivity index (χ3n) is 3.72. The molecule has 0 saturated carbocycles. The van der Waals surface area contributed by atoms with Crippen molar-refractivity contribution >= 4 is 0 Å². The van der Waals surface area contributed by atoms with Crippen molar-refractivity contribution in [3.05, 3.63) is 17.7 Å². The minimum Gasteiger partial charge on any atom is -0.493 e. The van der Waals surface area contributed by atoms with Gasteiger partial charge in [-0.3, -0.25) is 0 Å². The van der Waals surface area contributed by atoms with E-state index in [0.29, 0.717) is 11.7 Å². The van der Waals surface area contributed by atoms with Crippen LogP contribution in [0.4, 0.5) is 0 Å². The maximum Gasteiger partial charge on any atom is 0.203 e. The van der Waals surface area contributed by atoms with E-state index in [1.54, 1.807) is 21.3 Å². The lowest BCUT2D eigenvalue weighted by Gasteiger charge is -2.46. The molecule has 1 aliphatic heterocycles. The summed E-state index contributed by atoms with van der Waals surface area (Å²) in [5, 5.41) is 3.42. The highest BCUT2D eigenvalue weighted by atomic mass is 16.5. The molecular weight excluding hydrogens is 230 g/mol. The molecule has 0 aliphatic carbocycles. The monoisotopic (exact) mass is 251 g/mol. The predicted octanol–water partition coefficient (Wildman–Crippen LogP) is 2.18. The summed E-state index contributed by atoms with van der Waals surface area (Å²) in [6.07, 6.45) is 0. The highest BCUT2D eigenvalue weighted by Crippen LogP contribution is 2.43. The average molecular weight is 251 g/mol. The maximum absolute atomic E-state index is 5.38. The van der Waals surface area contributed by atoms with E-state index in [1.807, 2.05) is 12.1 Å². The molecule has 0 bridgehead atoms. The van der Waals surface area contributed by atoms with E-state index in [2.05, 4.69) is 19.2 Å². The van der Waals surface area contributed by atoms with E-state index in [0.717, 1.165) is 18.0 Å². The molecule has 1 fully saturated rings. The Morgan fingerprint density at radius 1 is 1.06 bits per heavy atom. The van der Waals surface area contributed by atoms with Gasteiger partial charge in [0.2, 0.25) is 5.75 Å². The van der Waals surface area contributed by atoms with Crippen molar-refractivity contribution in [3.63, 3.8) is 0 Å². The van der Waals surface area contributed by atoms with E-state index in [1.165, 1.54) is 5.56 Å². The zero-order valence-electron chi connectivity index (χ0n) is 11.7. The molecule has 4 heteroatoms. The Morgan fingerprint density at radius 2 is 1.61 bits per heavy atom. The molecule has 1 atom stereocenters. The van der Waals surface area contributed by atoms with Crippen LogP contribution in [-0.2, 0) is 0 Å². The Hall–Kier alpha value is -1.42. The molecule has 0 amide bonds. The van der Waals surface area contributed by atoms with E-state index < -0.39 is 0 Å². The topological polar surface area (TPSA) is 39.7 Å². The number of hydrogen-bond acceptors (Lipinski definition) is 4. The standard InChI is InChI=1S/C14H21NO3/c1-14(2)10(8-15-14)9-6-11(16-3)13(18-5)12(7-9)17-4/h6-7,10,15H,8H2,1-5H3. The largest absolute Gasteiger partial charge is 0.493 e. The molecule has 1 saturated heterocycles. The van der Waals surface area contributed by atoms with Gasteiger partial charge in [0.15, 0.2) is 11.5 Å². The van der Waals surface area contributed by atoms with Gasteiger partial charge in [-0.05, 0) is 31.5 Å². The van der Waals surface area contributed by atoms with Gasteiger partial charge in [-0.2, -0.15) is 0 Å². The first-order chi connectivity index (χ1) is 8.53. The average Bonchev–Trinajstić information content (AvgIpc) is 2.36. The Kier molecular flexibility index (Phi) is 3.39. The molecule has 1 heterocycles. The minimum absolute atomic E-state index is 0.116. The Labute approximate surface area is 108 Å². The Bertz CT molecular complexity index is 418. The number of hydrogen-bond donors (Lipinski definition) is 1. The maximum atomic E-state index is 5.38. The zero-order chi connectivity index (χ0) is 13.3. The van der Waals surface area contributed by atoms with Gasteiger partial charge in [-0.15, -0.1) is 0 Å². The summed E-state index contributed by atoms with van der Waals surface area (Å²) in [5.41, 5.74) is 1.33. The van der Waals surface area contributed by atoms with Crippen LogP contribution in [-0.4, -0.2) is 33.4 Å². The van der Waals surface area contributed by atoms with Gasteiger partial charge in [0, 0.05) is 18.0 Å². The van der Waals surface area contributed by atoms with Crippen LogP contribution < -0.4 is 19.5 Å². The quantitative estimate of drug-likeness (QED) is 0.890. The fraction of sp³-hybridized carbons (Fsp3) is 0.571. The molecule has 2 rings (SSSR count). The summed E-state index contributed by atoms with van der Waals surface area (Å²) >= 11 is 0. The van der Waals surface area contributed by atoms with Crippen LogP contribution in [0.15, 0.2) is 12.1 Å². The first-order valence-electron chi connectivity index (χ1n) is 6.08. The van der Waals surface area contributed by atoms with Crippen LogP contribution in [0.2, 0.25) is 0 Å². The smallest absolute Gasteiger partial charge is 0.203 e. The minimum atomic E-state index is 0.116. The van der Waals surface area contributed by atoms with Gasteiger partial charge in [0.1, 0.15) is 0 Å². The van der Waals surface area contributed by atoms with Crippen LogP contribution in [0.3, 0.4) is 0 Å². The van der Waals surface area contributed by atoms with Gasteiger partial charge in [-0.1, -0.05) is 0 Å². The molecule has 1 unspecified atom stereocenters. The number of nitrogens with one attached hydrogen (secondary N) is 1. The van der Waals surface area contributed by atoms with Gasteiger partial charge < -0.3 is 19.5 Å². The van der Waals surface area contributed by atoms with Crippen molar-refractivity contribution in [1.82, 2.24) is 5.32 Å². The molecule has 0 radical (unpaired) electrons. The second-order valence-electron chi connectivity index (χ2n) is 5.11. The normalized spacial score (nSPS) is 21.1. The van der Waals surface area contributed by atoms with Crippen molar-refractivity contribution in [2.45, 2.75) is 25.3 Å². The number of ether oxygens (including phenoxy) is 3. The summed E-state index contributed by atoms with van der Waals surface area (Å²) in [7, 11) is 4.91. The molecule has 4 nitrogen and oxygen atoms in total. The first-order valence-corrected chi connectivity index (χ1v) is 6.08. The molecule has 1 aromatic rings. The molecule has 0 spiro atoms. The molecule has 1 N–H and O–H groups in total. The fourth-order valence-corrected chi connectivity index (χ4v) is 2.45. The summed E-state index contributed by atoms with van der Waals surface area (Å²) in [6, 6.07) is 4.07. The lowest BCUT2D eigenvalue weighted by molar-refractivity contribution is 0.207. The molecule has 1 aliphatic rings. The fourth-order valence-electron chi connectivity index (χ4n) is 2.45. The van der Waals surface area contributed by atoms with Crippen molar-refractivity contribution in [2.24, 2.45) is 0 Å². The van der Waals surface area contributed by atoms with Crippen LogP contribution in [0.5, 0.6) is 17.2 Å². The molecule has 18 heavy (non-hydrogen) atoms. The van der Waals surface area contributed by atoms with Crippen molar-refractivity contribution < 1.29 is 14.2 Å². The second-order valence-corrected chi connectivity index (χ2v) is 5.11. The molecule has 1 aromatic carbocycles. The number of benzene rings is 1. The molecule has 100 valence electrons. The third kappa shape index (κ3) is 2.01. The highest BCUT2D eigenvalue weighted by molar-refractivity contribution is 5.55. The van der Waals surface area contributed by atoms with Crippen molar-refractivity contribution in [3.8, 4) is 17.2 Å². The predicted molar refractivity (Wildman–Crippen MR) is 70.9 cm³/mol. The van der Waals surface area contributed by atoms with Gasteiger partial charge >= 0.3 is 0 Å². The van der Waals surface area contributed by atoms with Gasteiger partial charge in [0.05, 0.1) is 21.3 Å². The lowest BCUT2D eigenvalue weighted by atomic mass is 9.75. The van der Waals surface area contributed by atoms with E-state index in [-0.39, 0.29) is 5.54 Å². The zero-order valence-corrected chi connectivity index (χ0v) is 11.7. The van der Waals surface area contributed by atoms with Crippen LogP contribution in [0.1, 0.15) is 25.3 Å². The van der Waals surface area contributed by atoms with E-state index in [4.69, 9.17) is 14.2 Å². The Morgan fingerprint density at radius 3 is 1.89 bits per heavy atom. The lowest BCUT2D eigenvalue weighted by Crippen LogP contribution is -2.59. The van der Waals surface area contributed by atoms with Crippen molar-refractivity contribution in [2.75, 3.05) is 27.9 Å². The third-order valence-corrected chi connectivity index (χ3v) is 3.72. The van der Waals surface area contributed by atoms with Gasteiger partial charge in [0.25, 0.3) is 0 Å². The number of rotatable bonds is 4. The van der Waals surface area contributed by atoms with Crippen LogP contribution in [0.25, 0.3) is 0 Å². The summed E-state index contributed by atoms with van der Waals surface area (Å²) in [5.74, 6) is 2.55. The Balaban J connectivity index is 2.44. The number of methoxy groups -OCH3 is 3. The van der Waals surface area contributed by atoms with E-state index in [9.17, 15) is 0 Å². The first kappa shape index (κ1) is 13.0. The summed E-state index contributed by atoms with van der Waals surface area (Å²) in [6.45, 7) is 5.38. The molecular formula is C14H21NO3. The van der Waals surface area contributed by atoms with Crippen LogP contribution >= 0.6 is 0 Å². The van der Waals surface area contributed by atoms with Gasteiger partial charge in [-0.25, -0.2) is 0 Å². The van der Waals surface area contributed by atoms with Crippen LogP contribution in [0, 0.1) is 0 Å². The summed E-state index contributed by atoms with van der Waals surface area (Å²) < 4.78 is 16.1.